The molecular formula is C15H17ClN2O3. The van der Waals surface area contributed by atoms with Crippen molar-refractivity contribution in [1.29, 1.82) is 0 Å². The van der Waals surface area contributed by atoms with Crippen LogP contribution in [0.3, 0.4) is 0 Å². The van der Waals surface area contributed by atoms with Crippen molar-refractivity contribution in [3.63, 3.8) is 0 Å². The summed E-state index contributed by atoms with van der Waals surface area (Å²) in [5, 5.41) is 3.30. The van der Waals surface area contributed by atoms with Gasteiger partial charge in [-0.15, -0.1) is 0 Å². The van der Waals surface area contributed by atoms with Gasteiger partial charge in [-0.1, -0.05) is 29.8 Å². The van der Waals surface area contributed by atoms with E-state index in [2.05, 4.69) is 5.32 Å². The molecule has 1 aliphatic rings. The van der Waals surface area contributed by atoms with Crippen LogP contribution in [0.1, 0.15) is 25.5 Å². The van der Waals surface area contributed by atoms with Gasteiger partial charge < -0.3 is 10.1 Å². The number of ether oxygens (including phenoxy) is 1. The van der Waals surface area contributed by atoms with Crippen LogP contribution in [0.25, 0.3) is 0 Å². The molecule has 0 fully saturated rings. The number of nitrogens with one attached hydrogen (secondary N) is 1. The number of halogens is 1. The zero-order chi connectivity index (χ0) is 15.6. The van der Waals surface area contributed by atoms with Gasteiger partial charge in [-0.3, -0.25) is 4.90 Å². The second kappa shape index (κ2) is 6.18. The van der Waals surface area contributed by atoms with Crippen LogP contribution in [0.5, 0.6) is 0 Å². The average molecular weight is 309 g/mol. The first kappa shape index (κ1) is 15.4. The lowest BCUT2D eigenvalue weighted by Gasteiger charge is -2.34. The Labute approximate surface area is 128 Å². The summed E-state index contributed by atoms with van der Waals surface area (Å²) in [5.41, 5.74) is 1.65. The van der Waals surface area contributed by atoms with Gasteiger partial charge in [-0.05, 0) is 25.5 Å². The standard InChI is InChI=1S/C15H17ClN2O3/c1-4-18-9(2)12(14(19)21-3)13(17-15(18)20)10-7-5-6-8-11(10)16/h5-8,13H,4H2,1-3H3,(H,17,20)/t13-/m1/s1. The van der Waals surface area contributed by atoms with E-state index >= 15 is 0 Å². The number of benzene rings is 1. The third kappa shape index (κ3) is 2.74. The molecule has 1 aliphatic heterocycles. The maximum atomic E-state index is 12.2. The number of amides is 2. The van der Waals surface area contributed by atoms with Gasteiger partial charge in [-0.2, -0.15) is 0 Å². The molecule has 0 spiro atoms. The number of carbonyl (C=O) groups excluding carboxylic acids is 2. The Kier molecular flexibility index (Phi) is 4.53. The molecule has 1 N–H and O–H groups in total. The highest BCUT2D eigenvalue weighted by Gasteiger charge is 2.36. The molecule has 0 unspecified atom stereocenters. The molecule has 2 rings (SSSR count). The molecule has 1 aromatic carbocycles. The highest BCUT2D eigenvalue weighted by atomic mass is 35.5. The van der Waals surface area contributed by atoms with E-state index in [-0.39, 0.29) is 6.03 Å². The van der Waals surface area contributed by atoms with Gasteiger partial charge in [-0.25, -0.2) is 9.59 Å². The predicted octanol–water partition coefficient (Wildman–Crippen LogP) is 2.87. The van der Waals surface area contributed by atoms with Crippen LogP contribution in [0.2, 0.25) is 5.02 Å². The lowest BCUT2D eigenvalue weighted by atomic mass is 9.95. The van der Waals surface area contributed by atoms with E-state index in [9.17, 15) is 9.59 Å². The van der Waals surface area contributed by atoms with Crippen LogP contribution in [0, 0.1) is 0 Å². The summed E-state index contributed by atoms with van der Waals surface area (Å²) in [7, 11) is 1.32. The van der Waals surface area contributed by atoms with Gasteiger partial charge in [0.15, 0.2) is 0 Å². The van der Waals surface area contributed by atoms with Gasteiger partial charge in [0.1, 0.15) is 0 Å². The second-order valence-corrected chi connectivity index (χ2v) is 5.05. The lowest BCUT2D eigenvalue weighted by molar-refractivity contribution is -0.136. The number of rotatable bonds is 3. The van der Waals surface area contributed by atoms with Gasteiger partial charge in [0, 0.05) is 17.3 Å². The van der Waals surface area contributed by atoms with Crippen molar-refractivity contribution in [2.24, 2.45) is 0 Å². The van der Waals surface area contributed by atoms with Crippen LogP contribution in [-0.4, -0.2) is 30.6 Å². The number of nitrogens with zero attached hydrogens (tertiary/aromatic N) is 1. The molecule has 21 heavy (non-hydrogen) atoms. The van der Waals surface area contributed by atoms with Gasteiger partial charge in [0.2, 0.25) is 0 Å². The van der Waals surface area contributed by atoms with Crippen LogP contribution >= 0.6 is 11.6 Å². The van der Waals surface area contributed by atoms with E-state index in [1.807, 2.05) is 13.0 Å². The summed E-state index contributed by atoms with van der Waals surface area (Å²) in [5.74, 6) is -0.476. The van der Waals surface area contributed by atoms with Crippen molar-refractivity contribution >= 4 is 23.6 Å². The number of allylic oxidation sites excluding steroid dienone is 1. The van der Waals surface area contributed by atoms with Crippen molar-refractivity contribution in [2.75, 3.05) is 13.7 Å². The van der Waals surface area contributed by atoms with E-state index in [1.165, 1.54) is 12.0 Å². The summed E-state index contributed by atoms with van der Waals surface area (Å²) >= 11 is 6.20. The van der Waals surface area contributed by atoms with E-state index in [4.69, 9.17) is 16.3 Å². The first-order valence-corrected chi connectivity index (χ1v) is 7.00. The summed E-state index contributed by atoms with van der Waals surface area (Å²) in [6, 6.07) is 6.24. The maximum absolute atomic E-state index is 12.2. The first-order valence-electron chi connectivity index (χ1n) is 6.62. The molecular weight excluding hydrogens is 292 g/mol. The minimum atomic E-state index is -0.610. The molecule has 1 atom stereocenters. The third-order valence-electron chi connectivity index (χ3n) is 3.53. The van der Waals surface area contributed by atoms with Crippen molar-refractivity contribution < 1.29 is 14.3 Å². The fourth-order valence-electron chi connectivity index (χ4n) is 2.48. The lowest BCUT2D eigenvalue weighted by Crippen LogP contribution is -2.47. The maximum Gasteiger partial charge on any atom is 0.337 e. The Morgan fingerprint density at radius 1 is 1.43 bits per heavy atom. The second-order valence-electron chi connectivity index (χ2n) is 4.64. The molecule has 1 aromatic rings. The highest BCUT2D eigenvalue weighted by Crippen LogP contribution is 2.34. The molecule has 0 saturated carbocycles. The van der Waals surface area contributed by atoms with Crippen LogP contribution < -0.4 is 5.32 Å². The molecule has 0 saturated heterocycles. The van der Waals surface area contributed by atoms with Crippen LogP contribution in [0.4, 0.5) is 4.79 Å². The molecule has 0 bridgehead atoms. The van der Waals surface area contributed by atoms with Gasteiger partial charge in [0.25, 0.3) is 0 Å². The molecule has 0 radical (unpaired) electrons. The van der Waals surface area contributed by atoms with Crippen molar-refractivity contribution in [3.05, 3.63) is 46.1 Å². The van der Waals surface area contributed by atoms with Crippen molar-refractivity contribution in [2.45, 2.75) is 19.9 Å². The molecule has 2 amide bonds. The Hall–Kier alpha value is -2.01. The number of hydrogen-bond donors (Lipinski definition) is 1. The molecule has 5 nitrogen and oxygen atoms in total. The summed E-state index contributed by atoms with van der Waals surface area (Å²) in [4.78, 5) is 25.8. The fourth-order valence-corrected chi connectivity index (χ4v) is 2.72. The number of methoxy groups -OCH3 is 1. The molecule has 0 aliphatic carbocycles. The quantitative estimate of drug-likeness (QED) is 0.874. The predicted molar refractivity (Wildman–Crippen MR) is 79.8 cm³/mol. The number of hydrogen-bond acceptors (Lipinski definition) is 3. The topological polar surface area (TPSA) is 58.6 Å². The highest BCUT2D eigenvalue weighted by molar-refractivity contribution is 6.31. The number of esters is 1. The monoisotopic (exact) mass is 308 g/mol. The van der Waals surface area contributed by atoms with Gasteiger partial charge in [0.05, 0.1) is 18.7 Å². The smallest absolute Gasteiger partial charge is 0.337 e. The van der Waals surface area contributed by atoms with E-state index in [0.717, 1.165) is 0 Å². The normalized spacial score (nSPS) is 18.6. The number of carbonyl (C=O) groups is 2. The van der Waals surface area contributed by atoms with E-state index < -0.39 is 12.0 Å². The van der Waals surface area contributed by atoms with E-state index in [1.54, 1.807) is 25.1 Å². The Morgan fingerprint density at radius 3 is 2.67 bits per heavy atom. The first-order chi connectivity index (χ1) is 10.0. The molecule has 1 heterocycles. The minimum Gasteiger partial charge on any atom is -0.466 e. The largest absolute Gasteiger partial charge is 0.466 e. The molecule has 6 heteroatoms. The average Bonchev–Trinajstić information content (AvgIpc) is 2.47. The minimum absolute atomic E-state index is 0.257. The van der Waals surface area contributed by atoms with Gasteiger partial charge >= 0.3 is 12.0 Å². The van der Waals surface area contributed by atoms with Crippen LogP contribution in [-0.2, 0) is 9.53 Å². The molecule has 112 valence electrons. The Balaban J connectivity index is 2.59. The van der Waals surface area contributed by atoms with Crippen molar-refractivity contribution in [3.8, 4) is 0 Å². The SMILES string of the molecule is CCN1C(=O)N[C@H](c2ccccc2Cl)C(C(=O)OC)=C1C. The van der Waals surface area contributed by atoms with Crippen LogP contribution in [0.15, 0.2) is 35.5 Å². The molecule has 0 aromatic heterocycles. The summed E-state index contributed by atoms with van der Waals surface area (Å²) < 4.78 is 4.86. The Morgan fingerprint density at radius 2 is 2.10 bits per heavy atom. The summed E-state index contributed by atoms with van der Waals surface area (Å²) in [6.07, 6.45) is 0. The zero-order valence-electron chi connectivity index (χ0n) is 12.1. The fraction of sp³-hybridized carbons (Fsp3) is 0.333. The number of urea groups is 1. The zero-order valence-corrected chi connectivity index (χ0v) is 12.9. The third-order valence-corrected chi connectivity index (χ3v) is 3.88. The summed E-state index contributed by atoms with van der Waals surface area (Å²) in [6.45, 7) is 4.04. The Bertz CT molecular complexity index is 613. The van der Waals surface area contributed by atoms with Crippen molar-refractivity contribution in [1.82, 2.24) is 10.2 Å². The van der Waals surface area contributed by atoms with E-state index in [0.29, 0.717) is 28.4 Å².